The third kappa shape index (κ3) is 2.28. The lowest BCUT2D eigenvalue weighted by Gasteiger charge is -2.16. The molecule has 17 heavy (non-hydrogen) atoms. The highest BCUT2D eigenvalue weighted by Crippen LogP contribution is 2.25. The molecule has 0 radical (unpaired) electrons. The lowest BCUT2D eigenvalue weighted by atomic mass is 10.2. The zero-order valence-corrected chi connectivity index (χ0v) is 10.4. The lowest BCUT2D eigenvalue weighted by molar-refractivity contribution is 0.464. The van der Waals surface area contributed by atoms with E-state index in [2.05, 4.69) is 0 Å². The van der Waals surface area contributed by atoms with Crippen molar-refractivity contribution in [2.45, 2.75) is 18.2 Å². The quantitative estimate of drug-likeness (QED) is 0.816. The van der Waals surface area contributed by atoms with Crippen LogP contribution in [0.1, 0.15) is 13.3 Å². The van der Waals surface area contributed by atoms with E-state index in [1.54, 1.807) is 0 Å². The first-order valence-corrected chi connectivity index (χ1v) is 6.90. The van der Waals surface area contributed by atoms with Crippen molar-refractivity contribution in [3.63, 3.8) is 0 Å². The van der Waals surface area contributed by atoms with Crippen LogP contribution in [0.4, 0.5) is 10.1 Å². The maximum atomic E-state index is 13.0. The summed E-state index contributed by atoms with van der Waals surface area (Å²) in [5.41, 5.74) is 5.24. The smallest absolute Gasteiger partial charge is 0.243 e. The summed E-state index contributed by atoms with van der Waals surface area (Å²) in [6, 6.07) is 3.51. The highest BCUT2D eigenvalue weighted by molar-refractivity contribution is 7.89. The van der Waals surface area contributed by atoms with E-state index in [1.165, 1.54) is 16.4 Å². The molecule has 2 N–H and O–H groups in total. The van der Waals surface area contributed by atoms with Gasteiger partial charge < -0.3 is 5.73 Å². The van der Waals surface area contributed by atoms with Crippen molar-refractivity contribution in [1.82, 2.24) is 4.31 Å². The average molecular weight is 258 g/mol. The number of nitrogens with zero attached hydrogens (tertiary/aromatic N) is 1. The van der Waals surface area contributed by atoms with E-state index in [-0.39, 0.29) is 10.6 Å². The van der Waals surface area contributed by atoms with E-state index in [0.29, 0.717) is 19.0 Å². The number of benzene rings is 1. The molecule has 1 fully saturated rings. The first-order chi connectivity index (χ1) is 7.91. The number of hydrogen-bond acceptors (Lipinski definition) is 3. The van der Waals surface area contributed by atoms with Gasteiger partial charge in [-0.2, -0.15) is 4.31 Å². The molecule has 1 unspecified atom stereocenters. The summed E-state index contributed by atoms with van der Waals surface area (Å²) in [7, 11) is -3.52. The Morgan fingerprint density at radius 3 is 2.71 bits per heavy atom. The fourth-order valence-electron chi connectivity index (χ4n) is 1.94. The fraction of sp³-hybridized carbons (Fsp3) is 0.455. The van der Waals surface area contributed by atoms with E-state index >= 15 is 0 Å². The molecule has 1 aromatic rings. The second-order valence-electron chi connectivity index (χ2n) is 4.44. The Hall–Kier alpha value is -1.14. The molecule has 4 nitrogen and oxygen atoms in total. The molecule has 0 aliphatic carbocycles. The molecule has 0 bridgehead atoms. The maximum absolute atomic E-state index is 13.0. The zero-order chi connectivity index (χ0) is 12.6. The topological polar surface area (TPSA) is 63.4 Å². The summed E-state index contributed by atoms with van der Waals surface area (Å²) in [5, 5.41) is 0. The monoisotopic (exact) mass is 258 g/mol. The van der Waals surface area contributed by atoms with Gasteiger partial charge in [0.05, 0.1) is 10.6 Å². The number of hydrogen-bond donors (Lipinski definition) is 1. The largest absolute Gasteiger partial charge is 0.396 e. The first kappa shape index (κ1) is 12.3. The lowest BCUT2D eigenvalue weighted by Crippen LogP contribution is -2.28. The van der Waals surface area contributed by atoms with Gasteiger partial charge in [-0.15, -0.1) is 0 Å². The standard InChI is InChI=1S/C11H15FN2O2S/c1-8-4-5-14(7-8)17(15,16)9-2-3-10(12)11(13)6-9/h2-3,6,8H,4-5,7,13H2,1H3. The van der Waals surface area contributed by atoms with Crippen LogP contribution in [0.2, 0.25) is 0 Å². The van der Waals surface area contributed by atoms with Crippen molar-refractivity contribution in [1.29, 1.82) is 0 Å². The van der Waals surface area contributed by atoms with Gasteiger partial charge in [0.2, 0.25) is 10.0 Å². The summed E-state index contributed by atoms with van der Waals surface area (Å²) in [5.74, 6) is -0.235. The van der Waals surface area contributed by atoms with E-state index in [1.807, 2.05) is 6.92 Å². The molecular formula is C11H15FN2O2S. The molecule has 2 rings (SSSR count). The number of anilines is 1. The van der Waals surface area contributed by atoms with Crippen LogP contribution < -0.4 is 5.73 Å². The number of sulfonamides is 1. The molecule has 6 heteroatoms. The summed E-state index contributed by atoms with van der Waals surface area (Å²) in [6.07, 6.45) is 0.857. The van der Waals surface area contributed by atoms with E-state index in [4.69, 9.17) is 5.73 Å². The molecule has 1 atom stereocenters. The van der Waals surface area contributed by atoms with E-state index in [0.717, 1.165) is 12.5 Å². The minimum Gasteiger partial charge on any atom is -0.396 e. The molecule has 0 saturated carbocycles. The van der Waals surface area contributed by atoms with Gasteiger partial charge in [-0.1, -0.05) is 6.92 Å². The van der Waals surface area contributed by atoms with Crippen LogP contribution in [-0.4, -0.2) is 25.8 Å². The summed E-state index contributed by atoms with van der Waals surface area (Å²) in [6.45, 7) is 3.04. The van der Waals surface area contributed by atoms with Crippen LogP contribution in [0.3, 0.4) is 0 Å². The van der Waals surface area contributed by atoms with Crippen molar-refractivity contribution < 1.29 is 12.8 Å². The molecule has 1 aliphatic heterocycles. The Balaban J connectivity index is 2.35. The van der Waals surface area contributed by atoms with Crippen LogP contribution in [0.25, 0.3) is 0 Å². The summed E-state index contributed by atoms with van der Waals surface area (Å²) < 4.78 is 38.8. The Morgan fingerprint density at radius 1 is 1.47 bits per heavy atom. The third-order valence-electron chi connectivity index (χ3n) is 2.99. The highest BCUT2D eigenvalue weighted by atomic mass is 32.2. The van der Waals surface area contributed by atoms with Crippen molar-refractivity contribution >= 4 is 15.7 Å². The van der Waals surface area contributed by atoms with Crippen molar-refractivity contribution in [2.24, 2.45) is 5.92 Å². The number of nitrogen functional groups attached to an aromatic ring is 1. The molecule has 1 aromatic carbocycles. The Kier molecular flexibility index (Phi) is 3.09. The summed E-state index contributed by atoms with van der Waals surface area (Å²) >= 11 is 0. The predicted molar refractivity (Wildman–Crippen MR) is 63.4 cm³/mol. The van der Waals surface area contributed by atoms with Gasteiger partial charge in [-0.25, -0.2) is 12.8 Å². The number of rotatable bonds is 2. The average Bonchev–Trinajstić information content (AvgIpc) is 2.69. The van der Waals surface area contributed by atoms with Crippen molar-refractivity contribution in [3.05, 3.63) is 24.0 Å². The predicted octanol–water partition coefficient (Wildman–Crippen LogP) is 1.44. The normalized spacial score (nSPS) is 21.9. The molecule has 0 spiro atoms. The third-order valence-corrected chi connectivity index (χ3v) is 4.85. The molecule has 1 aliphatic rings. The van der Waals surface area contributed by atoms with Gasteiger partial charge in [0.15, 0.2) is 0 Å². The molecule has 94 valence electrons. The van der Waals surface area contributed by atoms with Gasteiger partial charge in [-0.3, -0.25) is 0 Å². The Bertz CT molecular complexity index is 530. The summed E-state index contributed by atoms with van der Waals surface area (Å²) in [4.78, 5) is 0.0606. The highest BCUT2D eigenvalue weighted by Gasteiger charge is 2.30. The Morgan fingerprint density at radius 2 is 2.18 bits per heavy atom. The van der Waals surface area contributed by atoms with Crippen molar-refractivity contribution in [2.75, 3.05) is 18.8 Å². The fourth-order valence-corrected chi connectivity index (χ4v) is 3.55. The Labute approximate surface area is 100 Å². The SMILES string of the molecule is CC1CCN(S(=O)(=O)c2ccc(F)c(N)c2)C1. The van der Waals surface area contributed by atoms with Crippen LogP contribution >= 0.6 is 0 Å². The van der Waals surface area contributed by atoms with Crippen molar-refractivity contribution in [3.8, 4) is 0 Å². The van der Waals surface area contributed by atoms with Crippen LogP contribution in [0, 0.1) is 11.7 Å². The van der Waals surface area contributed by atoms with Crippen LogP contribution in [0.15, 0.2) is 23.1 Å². The van der Waals surface area contributed by atoms with E-state index < -0.39 is 15.8 Å². The second-order valence-corrected chi connectivity index (χ2v) is 6.38. The van der Waals surface area contributed by atoms with Crippen LogP contribution in [0.5, 0.6) is 0 Å². The van der Waals surface area contributed by atoms with Crippen LogP contribution in [-0.2, 0) is 10.0 Å². The van der Waals surface area contributed by atoms with Gasteiger partial charge in [0.25, 0.3) is 0 Å². The minimum absolute atomic E-state index is 0.0606. The first-order valence-electron chi connectivity index (χ1n) is 5.46. The van der Waals surface area contributed by atoms with Gasteiger partial charge in [-0.05, 0) is 30.5 Å². The number of nitrogens with two attached hydrogens (primary N) is 1. The van der Waals surface area contributed by atoms with Gasteiger partial charge in [0, 0.05) is 13.1 Å². The molecule has 1 saturated heterocycles. The maximum Gasteiger partial charge on any atom is 0.243 e. The van der Waals surface area contributed by atoms with Gasteiger partial charge >= 0.3 is 0 Å². The molecule has 1 heterocycles. The zero-order valence-electron chi connectivity index (χ0n) is 9.56. The molecule has 0 aromatic heterocycles. The molecule has 0 amide bonds. The second kappa shape index (κ2) is 4.27. The van der Waals surface area contributed by atoms with E-state index in [9.17, 15) is 12.8 Å². The number of halogens is 1. The van der Waals surface area contributed by atoms with Gasteiger partial charge in [0.1, 0.15) is 5.82 Å². The molecular weight excluding hydrogens is 243 g/mol. The minimum atomic E-state index is -3.52.